The minimum atomic E-state index is -6.65. The van der Waals surface area contributed by atoms with E-state index in [0.717, 1.165) is 5.43 Å². The van der Waals surface area contributed by atoms with Gasteiger partial charge < -0.3 is 14.5 Å². The molecule has 0 spiro atoms. The van der Waals surface area contributed by atoms with Crippen LogP contribution in [0.15, 0.2) is 9.52 Å². The highest BCUT2D eigenvalue weighted by Gasteiger charge is 2.76. The van der Waals surface area contributed by atoms with Gasteiger partial charge in [-0.05, 0) is 26.7 Å². The Bertz CT molecular complexity index is 909. The number of hydrogen-bond acceptors (Lipinski definition) is 5. The van der Waals surface area contributed by atoms with Crippen molar-refractivity contribution in [1.82, 2.24) is 10.7 Å². The molecule has 7 nitrogen and oxygen atoms in total. The zero-order chi connectivity index (χ0) is 24.5. The Morgan fingerprint density at radius 2 is 1.78 bits per heavy atom. The molecule has 1 unspecified atom stereocenters. The molecule has 0 saturated carbocycles. The first-order valence-corrected chi connectivity index (χ1v) is 9.26. The highest BCUT2D eigenvalue weighted by atomic mass is 19.4. The number of fused-ring (bicyclic) bond motifs is 1. The lowest BCUT2D eigenvalue weighted by Gasteiger charge is -2.26. The molecule has 2 N–H and O–H groups in total. The number of hydrazone groups is 1. The molecule has 1 aliphatic carbocycles. The van der Waals surface area contributed by atoms with Crippen molar-refractivity contribution in [3.05, 3.63) is 22.6 Å². The molecule has 180 valence electrons. The molecular weight excluding hydrogens is 455 g/mol. The van der Waals surface area contributed by atoms with Crippen molar-refractivity contribution in [2.75, 3.05) is 13.7 Å². The van der Waals surface area contributed by atoms with Gasteiger partial charge in [0.25, 0.3) is 5.91 Å². The van der Waals surface area contributed by atoms with Gasteiger partial charge >= 0.3 is 23.9 Å². The van der Waals surface area contributed by atoms with Gasteiger partial charge in [-0.2, -0.15) is 35.8 Å². The van der Waals surface area contributed by atoms with Gasteiger partial charge in [-0.15, -0.1) is 0 Å². The fourth-order valence-corrected chi connectivity index (χ4v) is 3.09. The maximum Gasteiger partial charge on any atom is 0.460 e. The monoisotopic (exact) mass is 475 g/mol. The van der Waals surface area contributed by atoms with Crippen LogP contribution in [0.2, 0.25) is 0 Å². The van der Waals surface area contributed by atoms with Crippen molar-refractivity contribution < 1.29 is 49.5 Å². The zero-order valence-corrected chi connectivity index (χ0v) is 17.1. The molecule has 0 fully saturated rings. The van der Waals surface area contributed by atoms with Crippen LogP contribution in [0.25, 0.3) is 0 Å². The number of furan rings is 1. The second-order valence-electron chi connectivity index (χ2n) is 7.18. The number of rotatable bonds is 7. The predicted molar refractivity (Wildman–Crippen MR) is 95.8 cm³/mol. The van der Waals surface area contributed by atoms with Gasteiger partial charge in [0.1, 0.15) is 5.76 Å². The number of nitrogens with one attached hydrogen (secondary N) is 2. The Balaban J connectivity index is 2.29. The van der Waals surface area contributed by atoms with E-state index in [4.69, 9.17) is 9.15 Å². The fourth-order valence-electron chi connectivity index (χ4n) is 3.09. The number of carbonyl (C=O) groups excluding carboxylic acids is 2. The van der Waals surface area contributed by atoms with Gasteiger partial charge in [0.15, 0.2) is 5.76 Å². The minimum Gasteiger partial charge on any atom is -0.455 e. The summed E-state index contributed by atoms with van der Waals surface area (Å²) in [6, 6.07) is -0.376. The summed E-state index contributed by atoms with van der Waals surface area (Å²) < 4.78 is 100. The highest BCUT2D eigenvalue weighted by Crippen LogP contribution is 2.46. The number of aryl methyl sites for hydroxylation is 1. The summed E-state index contributed by atoms with van der Waals surface area (Å²) in [7, 11) is 1.44. The Hall–Kier alpha value is -2.64. The Labute approximate surface area is 177 Å². The maximum absolute atomic E-state index is 13.5. The third-order valence-corrected chi connectivity index (χ3v) is 4.65. The Morgan fingerprint density at radius 1 is 1.16 bits per heavy atom. The number of carbonyl (C=O) groups is 2. The molecular formula is C18H20F7N3O4. The van der Waals surface area contributed by atoms with Crippen molar-refractivity contribution in [2.45, 2.75) is 57.2 Å². The molecule has 1 aliphatic rings. The average molecular weight is 475 g/mol. The lowest BCUT2D eigenvalue weighted by Crippen LogP contribution is -2.58. The van der Waals surface area contributed by atoms with Crippen LogP contribution in [0.4, 0.5) is 30.7 Å². The molecule has 1 atom stereocenters. The smallest absolute Gasteiger partial charge is 0.455 e. The predicted octanol–water partition coefficient (Wildman–Crippen LogP) is 3.34. The number of methoxy groups -OCH3 is 1. The van der Waals surface area contributed by atoms with Crippen LogP contribution in [0.5, 0.6) is 0 Å². The molecule has 0 bridgehead atoms. The van der Waals surface area contributed by atoms with Gasteiger partial charge in [0, 0.05) is 30.7 Å². The van der Waals surface area contributed by atoms with Crippen LogP contribution in [-0.4, -0.2) is 55.3 Å². The van der Waals surface area contributed by atoms with Crippen molar-refractivity contribution in [2.24, 2.45) is 5.10 Å². The fraction of sp³-hybridized carbons (Fsp3) is 0.611. The molecule has 32 heavy (non-hydrogen) atoms. The van der Waals surface area contributed by atoms with Crippen LogP contribution in [0.3, 0.4) is 0 Å². The highest BCUT2D eigenvalue weighted by molar-refractivity contribution is 6.06. The average Bonchev–Trinajstić information content (AvgIpc) is 3.02. The molecule has 0 radical (unpaired) electrons. The molecule has 0 aromatic carbocycles. The quantitative estimate of drug-likeness (QED) is 0.468. The summed E-state index contributed by atoms with van der Waals surface area (Å²) in [6.07, 6.45) is -5.92. The zero-order valence-electron chi connectivity index (χ0n) is 17.1. The maximum atomic E-state index is 13.5. The molecule has 1 heterocycles. The van der Waals surface area contributed by atoms with Gasteiger partial charge in [0.2, 0.25) is 0 Å². The summed E-state index contributed by atoms with van der Waals surface area (Å²) >= 11 is 0. The summed E-state index contributed by atoms with van der Waals surface area (Å²) in [6.45, 7) is 3.33. The minimum absolute atomic E-state index is 0.0655. The number of alkyl halides is 7. The first-order valence-electron chi connectivity index (χ1n) is 9.26. The molecule has 1 aromatic heterocycles. The number of ether oxygens (including phenoxy) is 1. The van der Waals surface area contributed by atoms with Crippen molar-refractivity contribution in [3.63, 3.8) is 0 Å². The van der Waals surface area contributed by atoms with E-state index in [2.05, 4.69) is 10.4 Å². The first-order chi connectivity index (χ1) is 14.6. The van der Waals surface area contributed by atoms with Gasteiger partial charge in [0.05, 0.1) is 12.3 Å². The van der Waals surface area contributed by atoms with E-state index in [1.54, 1.807) is 6.92 Å². The van der Waals surface area contributed by atoms with Gasteiger partial charge in [-0.1, -0.05) is 0 Å². The second kappa shape index (κ2) is 9.08. The van der Waals surface area contributed by atoms with Crippen LogP contribution < -0.4 is 10.7 Å². The Kier molecular flexibility index (Phi) is 7.27. The first kappa shape index (κ1) is 25.6. The number of nitrogens with zero attached hydrogens (tertiary/aromatic N) is 1. The molecule has 0 aliphatic heterocycles. The van der Waals surface area contributed by atoms with E-state index in [0.29, 0.717) is 12.8 Å². The van der Waals surface area contributed by atoms with Crippen molar-refractivity contribution >= 4 is 17.5 Å². The normalized spacial score (nSPS) is 17.1. The molecule has 0 saturated heterocycles. The number of hydrogen-bond donors (Lipinski definition) is 2. The lowest BCUT2D eigenvalue weighted by atomic mass is 9.93. The van der Waals surface area contributed by atoms with Gasteiger partial charge in [-0.3, -0.25) is 9.59 Å². The summed E-state index contributed by atoms with van der Waals surface area (Å²) in [5, 5.41) is 5.94. The molecule has 2 amide bonds. The third-order valence-electron chi connectivity index (χ3n) is 4.65. The van der Waals surface area contributed by atoms with Crippen molar-refractivity contribution in [1.29, 1.82) is 0 Å². The van der Waals surface area contributed by atoms with Crippen molar-refractivity contribution in [3.8, 4) is 0 Å². The van der Waals surface area contributed by atoms with Crippen LogP contribution in [0.1, 0.15) is 47.2 Å². The number of amides is 2. The van der Waals surface area contributed by atoms with Gasteiger partial charge in [-0.25, -0.2) is 5.43 Å². The SMILES string of the molecule is COCC(C)NC(=O)c1oc2c(c1C)/C(=N/NC(=O)C(F)(F)C(F)(F)C(F)(F)F)CCC2. The number of halogens is 7. The van der Waals surface area contributed by atoms with E-state index in [-0.39, 0.29) is 47.4 Å². The van der Waals surface area contributed by atoms with Crippen LogP contribution in [0, 0.1) is 6.92 Å². The lowest BCUT2D eigenvalue weighted by molar-refractivity contribution is -0.344. The molecule has 2 rings (SSSR count). The largest absolute Gasteiger partial charge is 0.460 e. The van der Waals surface area contributed by atoms with Crippen LogP contribution in [-0.2, 0) is 16.0 Å². The van der Waals surface area contributed by atoms with E-state index in [1.165, 1.54) is 14.0 Å². The molecule has 14 heteroatoms. The summed E-state index contributed by atoms with van der Waals surface area (Å²) in [4.78, 5) is 23.9. The Morgan fingerprint density at radius 3 is 2.34 bits per heavy atom. The van der Waals surface area contributed by atoms with Crippen LogP contribution >= 0.6 is 0 Å². The second-order valence-corrected chi connectivity index (χ2v) is 7.18. The van der Waals surface area contributed by atoms with E-state index < -0.39 is 29.8 Å². The van der Waals surface area contributed by atoms with E-state index in [9.17, 15) is 40.3 Å². The molecule has 1 aromatic rings. The summed E-state index contributed by atoms with van der Waals surface area (Å²) in [5.74, 6) is -16.1. The van der Waals surface area contributed by atoms with E-state index in [1.807, 2.05) is 0 Å². The third kappa shape index (κ3) is 4.74. The summed E-state index contributed by atoms with van der Waals surface area (Å²) in [5.41, 5.74) is 1.41. The van der Waals surface area contributed by atoms with E-state index >= 15 is 0 Å². The standard InChI is InChI=1S/C18H20F7N3O4/c1-8(7-31-3)26-14(29)13-9(2)12-10(5-4-6-11(12)32-13)27-28-15(30)16(19,20)17(21,22)18(23,24)25/h8H,4-7H2,1-3H3,(H,26,29)(H,28,30)/b27-10+. The topological polar surface area (TPSA) is 92.9 Å².